The SMILES string of the molecule is OB(O)c1ccc(N2CC3(CCNCC3)C2)nc1. The Kier molecular flexibility index (Phi) is 3.01. The molecule has 5 nitrogen and oxygen atoms in total. The molecule has 2 fully saturated rings. The Morgan fingerprint density at radius 1 is 1.22 bits per heavy atom. The fraction of sp³-hybridized carbons (Fsp3) is 0.583. The van der Waals surface area contributed by atoms with E-state index in [-0.39, 0.29) is 0 Å². The molecule has 2 aliphatic heterocycles. The maximum atomic E-state index is 9.02. The second-order valence-corrected chi connectivity index (χ2v) is 5.43. The summed E-state index contributed by atoms with van der Waals surface area (Å²) in [6.45, 7) is 4.39. The molecule has 0 amide bonds. The van der Waals surface area contributed by atoms with Crippen molar-refractivity contribution in [2.45, 2.75) is 12.8 Å². The van der Waals surface area contributed by atoms with E-state index < -0.39 is 7.12 Å². The van der Waals surface area contributed by atoms with Crippen LogP contribution in [0.3, 0.4) is 0 Å². The summed E-state index contributed by atoms with van der Waals surface area (Å²) in [6, 6.07) is 3.59. The molecule has 1 aromatic heterocycles. The Hall–Kier alpha value is -1.11. The molecule has 0 bridgehead atoms. The first-order valence-corrected chi connectivity index (χ1v) is 6.46. The van der Waals surface area contributed by atoms with E-state index in [1.54, 1.807) is 6.07 Å². The molecular formula is C12H18BN3O2. The fourth-order valence-corrected chi connectivity index (χ4v) is 2.94. The molecule has 3 N–H and O–H groups in total. The summed E-state index contributed by atoms with van der Waals surface area (Å²) in [6.07, 6.45) is 4.03. The molecule has 1 aromatic rings. The Morgan fingerprint density at radius 2 is 1.94 bits per heavy atom. The molecule has 18 heavy (non-hydrogen) atoms. The average molecular weight is 247 g/mol. The fourth-order valence-electron chi connectivity index (χ4n) is 2.94. The van der Waals surface area contributed by atoms with Gasteiger partial charge in [0.15, 0.2) is 0 Å². The van der Waals surface area contributed by atoms with E-state index in [0.29, 0.717) is 10.9 Å². The minimum Gasteiger partial charge on any atom is -0.423 e. The third-order valence-electron chi connectivity index (χ3n) is 4.11. The molecule has 0 atom stereocenters. The molecule has 3 heterocycles. The van der Waals surface area contributed by atoms with Crippen molar-refractivity contribution in [3.8, 4) is 0 Å². The third kappa shape index (κ3) is 2.11. The molecule has 2 aliphatic rings. The van der Waals surface area contributed by atoms with Crippen LogP contribution in [0.15, 0.2) is 18.3 Å². The lowest BCUT2D eigenvalue weighted by atomic mass is 9.72. The monoisotopic (exact) mass is 247 g/mol. The molecule has 2 saturated heterocycles. The van der Waals surface area contributed by atoms with Gasteiger partial charge in [-0.15, -0.1) is 0 Å². The maximum absolute atomic E-state index is 9.02. The largest absolute Gasteiger partial charge is 0.490 e. The molecule has 6 heteroatoms. The van der Waals surface area contributed by atoms with Crippen molar-refractivity contribution in [2.24, 2.45) is 5.41 Å². The summed E-state index contributed by atoms with van der Waals surface area (Å²) in [5.74, 6) is 0.934. The molecule has 0 saturated carbocycles. The lowest BCUT2D eigenvalue weighted by Gasteiger charge is -2.53. The van der Waals surface area contributed by atoms with Crippen LogP contribution < -0.4 is 15.7 Å². The normalized spacial score (nSPS) is 21.8. The second-order valence-electron chi connectivity index (χ2n) is 5.43. The van der Waals surface area contributed by atoms with Gasteiger partial charge in [-0.1, -0.05) is 6.07 Å². The number of pyridine rings is 1. The number of anilines is 1. The predicted octanol–water partition coefficient (Wildman–Crippen LogP) is -1.05. The number of rotatable bonds is 2. The van der Waals surface area contributed by atoms with Gasteiger partial charge in [0.2, 0.25) is 0 Å². The van der Waals surface area contributed by atoms with E-state index in [4.69, 9.17) is 10.0 Å². The van der Waals surface area contributed by atoms with Crippen molar-refractivity contribution in [3.63, 3.8) is 0 Å². The van der Waals surface area contributed by atoms with Gasteiger partial charge in [-0.25, -0.2) is 4.98 Å². The smallest absolute Gasteiger partial charge is 0.423 e. The highest BCUT2D eigenvalue weighted by Gasteiger charge is 2.43. The molecular weight excluding hydrogens is 229 g/mol. The van der Waals surface area contributed by atoms with Gasteiger partial charge < -0.3 is 20.3 Å². The zero-order chi connectivity index (χ0) is 12.6. The topological polar surface area (TPSA) is 68.6 Å². The van der Waals surface area contributed by atoms with Crippen molar-refractivity contribution >= 4 is 18.4 Å². The predicted molar refractivity (Wildman–Crippen MR) is 70.8 cm³/mol. The van der Waals surface area contributed by atoms with Crippen molar-refractivity contribution in [3.05, 3.63) is 18.3 Å². The van der Waals surface area contributed by atoms with Gasteiger partial charge in [0.05, 0.1) is 0 Å². The van der Waals surface area contributed by atoms with Gasteiger partial charge in [0.1, 0.15) is 5.82 Å². The quantitative estimate of drug-likeness (QED) is 0.582. The standard InChI is InChI=1S/C12H18BN3O2/c17-13(18)10-1-2-11(15-7-10)16-8-12(9-16)3-5-14-6-4-12/h1-2,7,14,17-18H,3-6,8-9H2. The Bertz CT molecular complexity index is 410. The van der Waals surface area contributed by atoms with Crippen LogP contribution in [-0.4, -0.2) is 48.3 Å². The zero-order valence-electron chi connectivity index (χ0n) is 10.3. The van der Waals surface area contributed by atoms with E-state index in [2.05, 4.69) is 15.2 Å². The van der Waals surface area contributed by atoms with Crippen molar-refractivity contribution in [1.29, 1.82) is 0 Å². The lowest BCUT2D eigenvalue weighted by molar-refractivity contribution is 0.149. The van der Waals surface area contributed by atoms with Gasteiger partial charge in [-0.2, -0.15) is 0 Å². The van der Waals surface area contributed by atoms with Crippen molar-refractivity contribution in [2.75, 3.05) is 31.1 Å². The van der Waals surface area contributed by atoms with Crippen LogP contribution in [0.5, 0.6) is 0 Å². The zero-order valence-corrected chi connectivity index (χ0v) is 10.3. The van der Waals surface area contributed by atoms with E-state index in [1.807, 2.05) is 6.07 Å². The van der Waals surface area contributed by atoms with Gasteiger partial charge in [0, 0.05) is 30.2 Å². The molecule has 3 rings (SSSR count). The maximum Gasteiger partial charge on any atom is 0.490 e. The third-order valence-corrected chi connectivity index (χ3v) is 4.11. The highest BCUT2D eigenvalue weighted by Crippen LogP contribution is 2.40. The second kappa shape index (κ2) is 4.53. The Balaban J connectivity index is 1.64. The number of hydrogen-bond donors (Lipinski definition) is 3. The van der Waals surface area contributed by atoms with Gasteiger partial charge in [-0.3, -0.25) is 0 Å². The summed E-state index contributed by atoms with van der Waals surface area (Å²) >= 11 is 0. The van der Waals surface area contributed by atoms with Crippen LogP contribution in [-0.2, 0) is 0 Å². The average Bonchev–Trinajstić information content (AvgIpc) is 2.37. The summed E-state index contributed by atoms with van der Waals surface area (Å²) in [4.78, 5) is 6.55. The summed E-state index contributed by atoms with van der Waals surface area (Å²) in [5.41, 5.74) is 0.929. The van der Waals surface area contributed by atoms with Crippen LogP contribution in [0.4, 0.5) is 5.82 Å². The number of hydrogen-bond acceptors (Lipinski definition) is 5. The summed E-state index contributed by atoms with van der Waals surface area (Å²) < 4.78 is 0. The van der Waals surface area contributed by atoms with E-state index in [0.717, 1.165) is 32.0 Å². The van der Waals surface area contributed by atoms with Crippen LogP contribution in [0.2, 0.25) is 0 Å². The first-order chi connectivity index (χ1) is 8.69. The summed E-state index contributed by atoms with van der Waals surface area (Å²) in [7, 11) is -1.43. The lowest BCUT2D eigenvalue weighted by Crippen LogP contribution is -2.60. The van der Waals surface area contributed by atoms with Gasteiger partial charge in [0.25, 0.3) is 0 Å². The highest BCUT2D eigenvalue weighted by molar-refractivity contribution is 6.58. The van der Waals surface area contributed by atoms with Crippen molar-refractivity contribution < 1.29 is 10.0 Å². The van der Waals surface area contributed by atoms with Crippen LogP contribution in [0, 0.1) is 5.41 Å². The molecule has 0 aliphatic carbocycles. The highest BCUT2D eigenvalue weighted by atomic mass is 16.4. The van der Waals surface area contributed by atoms with E-state index in [1.165, 1.54) is 19.0 Å². The number of nitrogens with one attached hydrogen (secondary N) is 1. The minimum atomic E-state index is -1.43. The Morgan fingerprint density at radius 3 is 2.50 bits per heavy atom. The van der Waals surface area contributed by atoms with E-state index in [9.17, 15) is 0 Å². The van der Waals surface area contributed by atoms with Gasteiger partial charge in [-0.05, 0) is 32.0 Å². The first-order valence-electron chi connectivity index (χ1n) is 6.46. The first kappa shape index (κ1) is 12.0. The summed E-state index contributed by atoms with van der Waals surface area (Å²) in [5, 5.41) is 21.4. The van der Waals surface area contributed by atoms with Crippen LogP contribution in [0.1, 0.15) is 12.8 Å². The number of aromatic nitrogens is 1. The number of nitrogens with zero attached hydrogens (tertiary/aromatic N) is 2. The molecule has 1 spiro atoms. The van der Waals surface area contributed by atoms with Crippen LogP contribution in [0.25, 0.3) is 0 Å². The molecule has 0 aromatic carbocycles. The minimum absolute atomic E-state index is 0.441. The molecule has 96 valence electrons. The Labute approximate surface area is 107 Å². The van der Waals surface area contributed by atoms with E-state index >= 15 is 0 Å². The van der Waals surface area contributed by atoms with Gasteiger partial charge >= 0.3 is 7.12 Å². The molecule has 0 unspecified atom stereocenters. The van der Waals surface area contributed by atoms with Crippen molar-refractivity contribution in [1.82, 2.24) is 10.3 Å². The van der Waals surface area contributed by atoms with Crippen LogP contribution >= 0.6 is 0 Å². The number of piperidine rings is 1. The molecule has 0 radical (unpaired) electrons.